The number of amides is 4. The van der Waals surface area contributed by atoms with Crippen LogP contribution in [0.15, 0.2) is 0 Å². The first kappa shape index (κ1) is 14.6. The molecule has 0 radical (unpaired) electrons. The van der Waals surface area contributed by atoms with E-state index in [2.05, 4.69) is 5.32 Å². The summed E-state index contributed by atoms with van der Waals surface area (Å²) in [4.78, 5) is 37.2. The predicted octanol–water partition coefficient (Wildman–Crippen LogP) is 0.906. The van der Waals surface area contributed by atoms with E-state index >= 15 is 0 Å². The first-order valence-corrected chi connectivity index (χ1v) is 6.12. The number of imide groups is 2. The van der Waals surface area contributed by atoms with Gasteiger partial charge in [-0.3, -0.25) is 19.8 Å². The largest absolute Gasteiger partial charge is 0.383 e. The third-order valence-corrected chi connectivity index (χ3v) is 3.56. The maximum absolute atomic E-state index is 12.4. The Bertz CT molecular complexity index is 363. The summed E-state index contributed by atoms with van der Waals surface area (Å²) in [5.41, 5.74) is -1.13. The molecule has 1 aliphatic heterocycles. The number of rotatable bonds is 5. The minimum absolute atomic E-state index is 0.247. The predicted molar refractivity (Wildman–Crippen MR) is 64.7 cm³/mol. The summed E-state index contributed by atoms with van der Waals surface area (Å²) in [6.07, 6.45) is 0.745. The average Bonchev–Trinajstić information content (AvgIpc) is 2.30. The van der Waals surface area contributed by atoms with Crippen LogP contribution in [0, 0.1) is 5.41 Å². The van der Waals surface area contributed by atoms with Crippen molar-refractivity contribution in [2.75, 3.05) is 13.7 Å². The summed E-state index contributed by atoms with van der Waals surface area (Å²) in [6, 6.07) is -1.06. The molecule has 6 heteroatoms. The molecule has 0 saturated carbocycles. The summed E-state index contributed by atoms with van der Waals surface area (Å²) in [7, 11) is 1.50. The standard InChI is InChI=1S/C12H20N2O4/c1-5-12(6-2)9(15)13-11(17)14(10(12)16)8(3)7-18-4/h8H,5-7H2,1-4H3,(H,13,15,17). The zero-order valence-corrected chi connectivity index (χ0v) is 11.3. The van der Waals surface area contributed by atoms with Gasteiger partial charge in [0, 0.05) is 7.11 Å². The van der Waals surface area contributed by atoms with Gasteiger partial charge in [0.2, 0.25) is 11.8 Å². The first-order valence-electron chi connectivity index (χ1n) is 6.12. The van der Waals surface area contributed by atoms with Gasteiger partial charge in [0.1, 0.15) is 5.41 Å². The Hall–Kier alpha value is -1.43. The van der Waals surface area contributed by atoms with Crippen molar-refractivity contribution in [3.8, 4) is 0 Å². The Kier molecular flexibility index (Phi) is 4.45. The highest BCUT2D eigenvalue weighted by Gasteiger charge is 2.52. The van der Waals surface area contributed by atoms with Crippen LogP contribution in [0.4, 0.5) is 4.79 Å². The topological polar surface area (TPSA) is 75.7 Å². The van der Waals surface area contributed by atoms with E-state index in [4.69, 9.17) is 4.74 Å². The van der Waals surface area contributed by atoms with Gasteiger partial charge in [-0.25, -0.2) is 4.79 Å². The maximum Gasteiger partial charge on any atom is 0.331 e. The summed E-state index contributed by atoms with van der Waals surface area (Å²) in [5.74, 6) is -0.922. The highest BCUT2D eigenvalue weighted by atomic mass is 16.5. The Labute approximate surface area is 107 Å². The van der Waals surface area contributed by atoms with Gasteiger partial charge in [-0.1, -0.05) is 13.8 Å². The van der Waals surface area contributed by atoms with Crippen molar-refractivity contribution in [3.05, 3.63) is 0 Å². The first-order chi connectivity index (χ1) is 8.44. The van der Waals surface area contributed by atoms with Gasteiger partial charge in [-0.05, 0) is 19.8 Å². The molecule has 1 unspecified atom stereocenters. The van der Waals surface area contributed by atoms with Crippen LogP contribution < -0.4 is 5.32 Å². The van der Waals surface area contributed by atoms with E-state index in [0.29, 0.717) is 12.8 Å². The second-order valence-corrected chi connectivity index (χ2v) is 4.53. The van der Waals surface area contributed by atoms with Crippen LogP contribution in [-0.4, -0.2) is 42.5 Å². The number of hydrogen-bond donors (Lipinski definition) is 1. The fraction of sp³-hybridized carbons (Fsp3) is 0.750. The lowest BCUT2D eigenvalue weighted by molar-refractivity contribution is -0.154. The smallest absolute Gasteiger partial charge is 0.331 e. The molecule has 1 atom stereocenters. The van der Waals surface area contributed by atoms with Crippen LogP contribution in [0.3, 0.4) is 0 Å². The van der Waals surface area contributed by atoms with Gasteiger partial charge in [0.05, 0.1) is 12.6 Å². The lowest BCUT2D eigenvalue weighted by Gasteiger charge is -2.40. The second kappa shape index (κ2) is 5.48. The molecule has 1 aliphatic rings. The molecule has 0 aromatic rings. The summed E-state index contributed by atoms with van der Waals surface area (Å²) in [5, 5.41) is 2.26. The van der Waals surface area contributed by atoms with E-state index in [1.165, 1.54) is 7.11 Å². The molecule has 4 amide bonds. The van der Waals surface area contributed by atoms with Crippen molar-refractivity contribution in [2.45, 2.75) is 39.7 Å². The van der Waals surface area contributed by atoms with Gasteiger partial charge < -0.3 is 4.74 Å². The van der Waals surface area contributed by atoms with E-state index in [0.717, 1.165) is 4.90 Å². The van der Waals surface area contributed by atoms with Crippen LogP contribution in [-0.2, 0) is 14.3 Å². The molecule has 0 aliphatic carbocycles. The number of nitrogens with zero attached hydrogens (tertiary/aromatic N) is 1. The van der Waals surface area contributed by atoms with Crippen molar-refractivity contribution in [3.63, 3.8) is 0 Å². The van der Waals surface area contributed by atoms with Gasteiger partial charge in [-0.2, -0.15) is 0 Å². The molecule has 0 aromatic heterocycles. The number of ether oxygens (including phenoxy) is 1. The average molecular weight is 256 g/mol. The number of urea groups is 1. The van der Waals surface area contributed by atoms with Gasteiger partial charge >= 0.3 is 6.03 Å². The van der Waals surface area contributed by atoms with Crippen molar-refractivity contribution < 1.29 is 19.1 Å². The van der Waals surface area contributed by atoms with E-state index in [-0.39, 0.29) is 6.61 Å². The number of carbonyl (C=O) groups excluding carboxylic acids is 3. The molecule has 1 rings (SSSR count). The summed E-state index contributed by atoms with van der Waals surface area (Å²) in [6.45, 7) is 5.51. The SMILES string of the molecule is CCC1(CC)C(=O)NC(=O)N(C(C)COC)C1=O. The molecule has 1 fully saturated rings. The highest BCUT2D eigenvalue weighted by Crippen LogP contribution is 2.33. The monoisotopic (exact) mass is 256 g/mol. The molecule has 6 nitrogen and oxygen atoms in total. The minimum atomic E-state index is -1.13. The molecule has 1 saturated heterocycles. The fourth-order valence-electron chi connectivity index (χ4n) is 2.29. The molecule has 18 heavy (non-hydrogen) atoms. The third-order valence-electron chi connectivity index (χ3n) is 3.56. The Balaban J connectivity index is 3.10. The normalized spacial score (nSPS) is 20.9. The van der Waals surface area contributed by atoms with Crippen LogP contribution in [0.2, 0.25) is 0 Å². The molecular weight excluding hydrogens is 236 g/mol. The lowest BCUT2D eigenvalue weighted by Crippen LogP contribution is -2.66. The van der Waals surface area contributed by atoms with E-state index in [1.807, 2.05) is 0 Å². The fourth-order valence-corrected chi connectivity index (χ4v) is 2.29. The number of nitrogens with one attached hydrogen (secondary N) is 1. The molecule has 102 valence electrons. The second-order valence-electron chi connectivity index (χ2n) is 4.53. The molecule has 0 spiro atoms. The molecule has 1 heterocycles. The van der Waals surface area contributed by atoms with Gasteiger partial charge in [-0.15, -0.1) is 0 Å². The highest BCUT2D eigenvalue weighted by molar-refractivity contribution is 6.19. The van der Waals surface area contributed by atoms with Crippen molar-refractivity contribution in [2.24, 2.45) is 5.41 Å². The van der Waals surface area contributed by atoms with Crippen molar-refractivity contribution in [1.29, 1.82) is 0 Å². The lowest BCUT2D eigenvalue weighted by atomic mass is 9.78. The number of methoxy groups -OCH3 is 1. The Morgan fingerprint density at radius 2 is 1.83 bits per heavy atom. The van der Waals surface area contributed by atoms with Crippen LogP contribution in [0.25, 0.3) is 0 Å². The van der Waals surface area contributed by atoms with E-state index in [9.17, 15) is 14.4 Å². The number of hydrogen-bond acceptors (Lipinski definition) is 4. The molecule has 1 N–H and O–H groups in total. The molecule has 0 bridgehead atoms. The zero-order valence-electron chi connectivity index (χ0n) is 11.3. The number of carbonyl (C=O) groups is 3. The minimum Gasteiger partial charge on any atom is -0.383 e. The van der Waals surface area contributed by atoms with E-state index < -0.39 is 29.3 Å². The van der Waals surface area contributed by atoms with Gasteiger partial charge in [0.25, 0.3) is 0 Å². The van der Waals surface area contributed by atoms with Crippen LogP contribution in [0.1, 0.15) is 33.6 Å². The van der Waals surface area contributed by atoms with Crippen LogP contribution >= 0.6 is 0 Å². The Morgan fingerprint density at radius 3 is 2.28 bits per heavy atom. The van der Waals surface area contributed by atoms with E-state index in [1.54, 1.807) is 20.8 Å². The quantitative estimate of drug-likeness (QED) is 0.742. The van der Waals surface area contributed by atoms with Crippen molar-refractivity contribution in [1.82, 2.24) is 10.2 Å². The molecule has 0 aromatic carbocycles. The van der Waals surface area contributed by atoms with Crippen molar-refractivity contribution >= 4 is 17.8 Å². The zero-order chi connectivity index (χ0) is 13.9. The number of barbiturate groups is 1. The van der Waals surface area contributed by atoms with Gasteiger partial charge in [0.15, 0.2) is 0 Å². The summed E-state index contributed by atoms with van der Waals surface area (Å²) < 4.78 is 4.96. The third kappa shape index (κ3) is 2.12. The van der Waals surface area contributed by atoms with Crippen LogP contribution in [0.5, 0.6) is 0 Å². The Morgan fingerprint density at radius 1 is 1.28 bits per heavy atom. The summed E-state index contributed by atoms with van der Waals surface area (Å²) >= 11 is 0. The maximum atomic E-state index is 12.4. The molecular formula is C12H20N2O4.